The standard InChI is InChI=1S/C30H28N6O.C25H22N6O.C23H25N7O.C21H19N7O/c1-35(19-21-8-12-23(13-9-21)26-5-2-3-18-31-26)20-22-10-14-24(15-11-22)27-6-4-7-28-32-30(34-36(27)28)33-29(37)25-16-17-25;26-15-14-17-6-12-21(13-7-17)27-16-18-4-8-19(9-5-18)22-2-1-3-23-28-25(30-31(22)23)29-24(32)20-10-11-20;1-28(15-19-12-13-29(2)26-19)14-16-6-8-17(9-7-16)20-4-3-5-21-24-23(27-30(20)21)25-22(31)18-10-11-18;29-19(16-9-10-16)26-21-25-18-4-1-3-17(28(18)27-21)15-7-5-14(6-8-15)13-24-20-22-11-2-12-23-20/h2-15,18,25H,16-17,19-20H2,1H3,(H,33,34,37);1-9,12-13,20,27H,10-11,14,16H2,(H,29,30,32);3-9,12-13,18H,10-11,14-15H2,1-2H3,(H,25,27,31);1-8,11-12,16H,9-10,13H2,(H,22,23,24)(H,26,27,29). The summed E-state index contributed by atoms with van der Waals surface area (Å²) in [5.41, 5.74) is 21.8. The first-order valence-corrected chi connectivity index (χ1v) is 43.2. The zero-order valence-electron chi connectivity index (χ0n) is 71.5. The van der Waals surface area contributed by atoms with Crippen molar-refractivity contribution in [1.82, 2.24) is 92.9 Å². The molecule has 129 heavy (non-hydrogen) atoms. The highest BCUT2D eigenvalue weighted by atomic mass is 16.2. The van der Waals surface area contributed by atoms with Crippen molar-refractivity contribution >= 4 is 81.6 Å². The zero-order valence-corrected chi connectivity index (χ0v) is 71.5. The van der Waals surface area contributed by atoms with Crippen molar-refractivity contribution in [2.24, 2.45) is 30.7 Å². The minimum atomic E-state index is -0.000914. The lowest BCUT2D eigenvalue weighted by Crippen LogP contribution is -2.17. The van der Waals surface area contributed by atoms with E-state index in [0.717, 1.165) is 162 Å². The first-order valence-electron chi connectivity index (χ1n) is 43.2. The SMILES string of the molecule is CN(Cc1ccc(-c2cccc3nc(NC(=O)C4CC4)nn23)cc1)Cc1ccn(C)n1.CN(Cc1ccc(-c2ccccn2)cc1)Cc1ccc(-c2cccc3nc(NC(=O)C4CC4)nn23)cc1.N#CCc1ccc(NCc2ccc(-c3cccc4nc(NC(=O)C5CC5)nn34)cc2)cc1.O=C(Nc1nc2cccc(-c3ccc(CNc4ncccn4)cc3)n2n1)C1CC1. The van der Waals surface area contributed by atoms with Crippen LogP contribution in [-0.4, -0.2) is 131 Å². The molecule has 0 aliphatic heterocycles. The van der Waals surface area contributed by atoms with Crippen LogP contribution in [0.1, 0.15) is 90.4 Å². The Balaban J connectivity index is 0.000000116. The maximum Gasteiger partial charge on any atom is 0.249 e. The van der Waals surface area contributed by atoms with Crippen molar-refractivity contribution in [3.8, 4) is 62.4 Å². The molecule has 4 saturated carbocycles. The van der Waals surface area contributed by atoms with E-state index in [1.807, 2.05) is 158 Å². The van der Waals surface area contributed by atoms with Gasteiger partial charge < -0.3 is 10.6 Å². The van der Waals surface area contributed by atoms with Crippen molar-refractivity contribution in [2.45, 2.75) is 97.1 Å². The average molecular weight is 1710 g/mol. The number of fused-ring (bicyclic) bond motifs is 4. The molecule has 6 aromatic carbocycles. The maximum absolute atomic E-state index is 12.1. The molecule has 0 radical (unpaired) electrons. The smallest absolute Gasteiger partial charge is 0.249 e. The number of benzene rings is 6. The number of amides is 4. The number of pyridine rings is 5. The van der Waals surface area contributed by atoms with E-state index in [9.17, 15) is 19.2 Å². The second-order valence-electron chi connectivity index (χ2n) is 32.9. The van der Waals surface area contributed by atoms with Crippen molar-refractivity contribution in [3.63, 3.8) is 0 Å². The summed E-state index contributed by atoms with van der Waals surface area (Å²) in [4.78, 5) is 83.3. The van der Waals surface area contributed by atoms with Crippen LogP contribution in [0.2, 0.25) is 0 Å². The van der Waals surface area contributed by atoms with Gasteiger partial charge in [-0.15, -0.1) is 20.4 Å². The van der Waals surface area contributed by atoms with E-state index in [4.69, 9.17) is 5.26 Å². The molecular weight excluding hydrogens is 1620 g/mol. The number of aryl methyl sites for hydroxylation is 1. The molecule has 30 nitrogen and oxygen atoms in total. The van der Waals surface area contributed by atoms with Crippen molar-refractivity contribution in [2.75, 3.05) is 46.0 Å². The van der Waals surface area contributed by atoms with Crippen LogP contribution in [0.4, 0.5) is 35.4 Å². The second kappa shape index (κ2) is 38.7. The third kappa shape index (κ3) is 21.7. The van der Waals surface area contributed by atoms with Gasteiger partial charge in [-0.05, 0) is 184 Å². The predicted molar refractivity (Wildman–Crippen MR) is 495 cm³/mol. The Morgan fingerprint density at radius 2 is 0.690 bits per heavy atom. The molecule has 0 bridgehead atoms. The number of aromatic nitrogens is 17. The third-order valence-electron chi connectivity index (χ3n) is 22.4. The zero-order chi connectivity index (χ0) is 88.1. The lowest BCUT2D eigenvalue weighted by molar-refractivity contribution is -0.118. The summed E-state index contributed by atoms with van der Waals surface area (Å²) in [7, 11) is 6.16. The summed E-state index contributed by atoms with van der Waals surface area (Å²) in [6, 6.07) is 85.3. The molecule has 0 saturated heterocycles. The fraction of sp³-hybridized carbons (Fsp3) is 0.222. The number of nitrogens with zero attached hydrogens (tertiary/aromatic N) is 20. The van der Waals surface area contributed by atoms with E-state index < -0.39 is 0 Å². The number of carbonyl (C=O) groups is 4. The van der Waals surface area contributed by atoms with Gasteiger partial charge in [0.05, 0.1) is 46.7 Å². The molecule has 4 aliphatic rings. The molecule has 6 N–H and O–H groups in total. The summed E-state index contributed by atoms with van der Waals surface area (Å²) in [6.45, 7) is 4.67. The lowest BCUT2D eigenvalue weighted by Gasteiger charge is -2.17. The first kappa shape index (κ1) is 84.0. The minimum Gasteiger partial charge on any atom is -0.381 e. The van der Waals surface area contributed by atoms with Gasteiger partial charge in [-0.3, -0.25) is 59.9 Å². The van der Waals surface area contributed by atoms with Crippen LogP contribution in [0.25, 0.3) is 78.9 Å². The number of nitrogens with one attached hydrogen (secondary N) is 6. The number of rotatable bonds is 28. The summed E-state index contributed by atoms with van der Waals surface area (Å²) in [6.07, 6.45) is 15.2. The van der Waals surface area contributed by atoms with Crippen LogP contribution in [-0.2, 0) is 71.9 Å². The fourth-order valence-corrected chi connectivity index (χ4v) is 14.9. The maximum atomic E-state index is 12.1. The van der Waals surface area contributed by atoms with Gasteiger partial charge in [-0.25, -0.2) is 28.0 Å². The lowest BCUT2D eigenvalue weighted by atomic mass is 10.1. The molecule has 21 rings (SSSR count). The highest BCUT2D eigenvalue weighted by molar-refractivity contribution is 5.95. The predicted octanol–water partition coefficient (Wildman–Crippen LogP) is 16.1. The Morgan fingerprint density at radius 3 is 1.03 bits per heavy atom. The minimum absolute atomic E-state index is 0.000914. The molecule has 11 aromatic heterocycles. The largest absolute Gasteiger partial charge is 0.381 e. The molecule has 0 spiro atoms. The van der Waals surface area contributed by atoms with E-state index in [1.165, 1.54) is 16.7 Å². The summed E-state index contributed by atoms with van der Waals surface area (Å²) >= 11 is 0. The molecule has 4 aliphatic carbocycles. The number of hydrogen-bond acceptors (Lipinski definition) is 21. The second-order valence-corrected chi connectivity index (χ2v) is 32.9. The Morgan fingerprint density at radius 1 is 0.349 bits per heavy atom. The molecule has 644 valence electrons. The average Bonchev–Trinajstić information content (AvgIpc) is 1.66. The van der Waals surface area contributed by atoms with Crippen LogP contribution >= 0.6 is 0 Å². The van der Waals surface area contributed by atoms with E-state index in [0.29, 0.717) is 71.8 Å². The molecule has 30 heteroatoms. The monoisotopic (exact) mass is 1710 g/mol. The molecule has 4 fully saturated rings. The molecule has 17 aromatic rings. The number of hydrogen-bond donors (Lipinski definition) is 6. The molecule has 11 heterocycles. The van der Waals surface area contributed by atoms with E-state index >= 15 is 0 Å². The highest BCUT2D eigenvalue weighted by Crippen LogP contribution is 2.35. The topological polar surface area (TPSA) is 348 Å². The molecule has 4 amide bonds. The Bertz CT molecular complexity index is 6840. The van der Waals surface area contributed by atoms with Gasteiger partial charge in [-0.2, -0.15) is 30.3 Å². The number of anilines is 6. The third-order valence-corrected chi connectivity index (χ3v) is 22.4. The number of nitriles is 1. The Kier molecular flexibility index (Phi) is 25.2. The van der Waals surface area contributed by atoms with Crippen molar-refractivity contribution in [3.05, 3.63) is 313 Å². The van der Waals surface area contributed by atoms with Crippen LogP contribution in [0.15, 0.2) is 274 Å². The van der Waals surface area contributed by atoms with Gasteiger partial charge in [-0.1, -0.05) is 164 Å². The van der Waals surface area contributed by atoms with Gasteiger partial charge in [0, 0.05) is 128 Å². The normalized spacial score (nSPS) is 13.3. The quantitative estimate of drug-likeness (QED) is 0.0265. The van der Waals surface area contributed by atoms with Crippen LogP contribution < -0.4 is 31.9 Å². The van der Waals surface area contributed by atoms with Crippen molar-refractivity contribution < 1.29 is 19.2 Å². The Labute approximate surface area is 743 Å². The number of carbonyl (C=O) groups excluding carboxylic acids is 4. The van der Waals surface area contributed by atoms with Crippen LogP contribution in [0, 0.1) is 35.0 Å². The molecular formula is C99H94N26O4. The fourth-order valence-electron chi connectivity index (χ4n) is 14.9. The van der Waals surface area contributed by atoms with E-state index in [-0.39, 0.29) is 47.3 Å². The van der Waals surface area contributed by atoms with Gasteiger partial charge in [0.1, 0.15) is 0 Å². The molecule has 0 atom stereocenters. The van der Waals surface area contributed by atoms with Gasteiger partial charge in [0.15, 0.2) is 22.6 Å². The molecule has 0 unspecified atom stereocenters. The van der Waals surface area contributed by atoms with E-state index in [2.05, 4.69) is 231 Å². The Hall–Kier alpha value is -15.9. The first-order chi connectivity index (χ1) is 63.1. The van der Waals surface area contributed by atoms with Crippen LogP contribution in [0.5, 0.6) is 0 Å². The van der Waals surface area contributed by atoms with Crippen molar-refractivity contribution in [1.29, 1.82) is 5.26 Å². The summed E-state index contributed by atoms with van der Waals surface area (Å²) < 4.78 is 8.92. The van der Waals surface area contributed by atoms with Gasteiger partial charge in [0.25, 0.3) is 0 Å². The van der Waals surface area contributed by atoms with E-state index in [1.54, 1.807) is 36.5 Å². The highest BCUT2D eigenvalue weighted by Gasteiger charge is 2.34. The van der Waals surface area contributed by atoms with Crippen LogP contribution in [0.3, 0.4) is 0 Å². The summed E-state index contributed by atoms with van der Waals surface area (Å²) in [5.74, 6) is 2.48. The van der Waals surface area contributed by atoms with Gasteiger partial charge >= 0.3 is 0 Å². The van der Waals surface area contributed by atoms with Gasteiger partial charge in [0.2, 0.25) is 53.4 Å². The summed E-state index contributed by atoms with van der Waals surface area (Å²) in [5, 5.41) is 49.2.